The monoisotopic (exact) mass is 204 g/mol. The number of carbonyl (C=O) groups is 2. The maximum atomic E-state index is 10.9. The van der Waals surface area contributed by atoms with Gasteiger partial charge in [-0.1, -0.05) is 0 Å². The molecule has 2 atom stereocenters. The minimum atomic E-state index is -0.525. The molecule has 0 aliphatic heterocycles. The molecule has 6 heteroatoms. The van der Waals surface area contributed by atoms with Crippen molar-refractivity contribution in [2.45, 2.75) is 25.9 Å². The normalized spacial score (nSPS) is 14.2. The average molecular weight is 204 g/mol. The summed E-state index contributed by atoms with van der Waals surface area (Å²) >= 11 is 0. The number of esters is 1. The number of methoxy groups -OCH3 is 1. The van der Waals surface area contributed by atoms with Crippen molar-refractivity contribution in [1.29, 1.82) is 0 Å². The number of carbonyl (C=O) groups excluding carboxylic acids is 2. The van der Waals surface area contributed by atoms with Crippen LogP contribution in [0.2, 0.25) is 0 Å². The van der Waals surface area contributed by atoms with Crippen molar-refractivity contribution < 1.29 is 19.2 Å². The number of amides is 1. The summed E-state index contributed by atoms with van der Waals surface area (Å²) in [5.74, 6) is -0.402. The predicted molar refractivity (Wildman–Crippen MR) is 49.2 cm³/mol. The molecule has 6 nitrogen and oxygen atoms in total. The van der Waals surface area contributed by atoms with Gasteiger partial charge in [-0.3, -0.25) is 14.4 Å². The number of hydroxylamine groups is 1. The number of rotatable bonds is 7. The van der Waals surface area contributed by atoms with Crippen LogP contribution in [0.15, 0.2) is 0 Å². The van der Waals surface area contributed by atoms with Gasteiger partial charge in [0.1, 0.15) is 6.04 Å². The van der Waals surface area contributed by atoms with Crippen LogP contribution in [0.25, 0.3) is 0 Å². The second-order valence-corrected chi connectivity index (χ2v) is 2.86. The topological polar surface area (TPSA) is 76.7 Å². The molecule has 0 heterocycles. The second kappa shape index (κ2) is 7.28. The molecule has 0 radical (unpaired) electrons. The fourth-order valence-electron chi connectivity index (χ4n) is 0.687. The van der Waals surface area contributed by atoms with Crippen LogP contribution in [0.3, 0.4) is 0 Å². The summed E-state index contributed by atoms with van der Waals surface area (Å²) in [7, 11) is 1.30. The van der Waals surface area contributed by atoms with Crippen LogP contribution in [0, 0.1) is 0 Å². The Balaban J connectivity index is 3.53. The van der Waals surface area contributed by atoms with Crippen LogP contribution in [0.4, 0.5) is 0 Å². The maximum absolute atomic E-state index is 10.9. The Labute approximate surface area is 82.9 Å². The summed E-state index contributed by atoms with van der Waals surface area (Å²) in [5, 5.41) is 2.50. The minimum absolute atomic E-state index is 0.107. The van der Waals surface area contributed by atoms with Crippen molar-refractivity contribution in [3.05, 3.63) is 0 Å². The summed E-state index contributed by atoms with van der Waals surface area (Å²) in [6, 6.07) is -0.631. The molecule has 0 aromatic carbocycles. The standard InChI is InChI=1S/C8H16N2O4/c1-6(9-5-11)4-14-10-7(2)8(12)13-3/h5-7,10H,4H2,1-3H3,(H,9,11)/t6-,7+/m1/s1. The Morgan fingerprint density at radius 1 is 1.50 bits per heavy atom. The average Bonchev–Trinajstić information content (AvgIpc) is 2.16. The molecule has 0 aliphatic rings. The molecular weight excluding hydrogens is 188 g/mol. The lowest BCUT2D eigenvalue weighted by Gasteiger charge is -2.14. The molecule has 1 amide bonds. The van der Waals surface area contributed by atoms with Crippen molar-refractivity contribution in [3.8, 4) is 0 Å². The molecule has 0 aliphatic carbocycles. The van der Waals surface area contributed by atoms with Gasteiger partial charge in [-0.05, 0) is 13.8 Å². The summed E-state index contributed by atoms with van der Waals surface area (Å²) in [4.78, 5) is 25.8. The molecule has 0 rings (SSSR count). The zero-order valence-electron chi connectivity index (χ0n) is 8.57. The van der Waals surface area contributed by atoms with E-state index >= 15 is 0 Å². The summed E-state index contributed by atoms with van der Waals surface area (Å²) in [6.45, 7) is 3.67. The molecule has 0 fully saturated rings. The van der Waals surface area contributed by atoms with Crippen LogP contribution in [-0.2, 0) is 19.2 Å². The zero-order chi connectivity index (χ0) is 11.0. The Kier molecular flexibility index (Phi) is 6.69. The van der Waals surface area contributed by atoms with Gasteiger partial charge in [0.05, 0.1) is 19.8 Å². The SMILES string of the molecule is COC(=O)[C@H](C)NOC[C@@H](C)NC=O. The fourth-order valence-corrected chi connectivity index (χ4v) is 0.687. The van der Waals surface area contributed by atoms with E-state index in [0.29, 0.717) is 6.41 Å². The highest BCUT2D eigenvalue weighted by Crippen LogP contribution is 1.87. The number of hydrogen-bond acceptors (Lipinski definition) is 5. The van der Waals surface area contributed by atoms with E-state index in [-0.39, 0.29) is 12.6 Å². The van der Waals surface area contributed by atoms with Gasteiger partial charge in [-0.25, -0.2) is 0 Å². The van der Waals surface area contributed by atoms with Crippen molar-refractivity contribution in [2.24, 2.45) is 0 Å². The Morgan fingerprint density at radius 2 is 2.14 bits per heavy atom. The summed E-state index contributed by atoms with van der Waals surface area (Å²) in [6.07, 6.45) is 0.595. The first-order valence-electron chi connectivity index (χ1n) is 4.26. The molecule has 0 saturated carbocycles. The van der Waals surface area contributed by atoms with Crippen molar-refractivity contribution in [2.75, 3.05) is 13.7 Å². The summed E-state index contributed by atoms with van der Waals surface area (Å²) in [5.41, 5.74) is 2.49. The maximum Gasteiger partial charge on any atom is 0.324 e. The van der Waals surface area contributed by atoms with Crippen molar-refractivity contribution in [1.82, 2.24) is 10.8 Å². The fraction of sp³-hybridized carbons (Fsp3) is 0.750. The highest BCUT2D eigenvalue weighted by atomic mass is 16.6. The molecule has 0 spiro atoms. The highest BCUT2D eigenvalue weighted by Gasteiger charge is 2.12. The molecule has 0 bridgehead atoms. The second-order valence-electron chi connectivity index (χ2n) is 2.86. The smallest absolute Gasteiger partial charge is 0.324 e. The van der Waals surface area contributed by atoms with E-state index in [9.17, 15) is 9.59 Å². The van der Waals surface area contributed by atoms with Gasteiger partial charge in [0.25, 0.3) is 0 Å². The first-order valence-corrected chi connectivity index (χ1v) is 4.26. The third-order valence-corrected chi connectivity index (χ3v) is 1.50. The van der Waals surface area contributed by atoms with Gasteiger partial charge < -0.3 is 10.1 Å². The van der Waals surface area contributed by atoms with E-state index in [1.807, 2.05) is 0 Å². The zero-order valence-corrected chi connectivity index (χ0v) is 8.57. The van der Waals surface area contributed by atoms with Gasteiger partial charge in [0, 0.05) is 0 Å². The molecule has 0 aromatic rings. The molecule has 2 N–H and O–H groups in total. The van der Waals surface area contributed by atoms with Crippen LogP contribution in [-0.4, -0.2) is 38.2 Å². The molecule has 0 saturated heterocycles. The number of nitrogens with one attached hydrogen (secondary N) is 2. The lowest BCUT2D eigenvalue weighted by atomic mass is 10.4. The Bertz CT molecular complexity index is 186. The van der Waals surface area contributed by atoms with E-state index in [2.05, 4.69) is 15.5 Å². The Morgan fingerprint density at radius 3 is 2.64 bits per heavy atom. The molecular formula is C8H16N2O4. The van der Waals surface area contributed by atoms with E-state index in [1.54, 1.807) is 13.8 Å². The third-order valence-electron chi connectivity index (χ3n) is 1.50. The number of ether oxygens (including phenoxy) is 1. The van der Waals surface area contributed by atoms with Crippen molar-refractivity contribution in [3.63, 3.8) is 0 Å². The Hall–Kier alpha value is -1.14. The van der Waals surface area contributed by atoms with E-state index in [0.717, 1.165) is 0 Å². The van der Waals surface area contributed by atoms with Crippen LogP contribution in [0.5, 0.6) is 0 Å². The molecule has 14 heavy (non-hydrogen) atoms. The minimum Gasteiger partial charge on any atom is -0.468 e. The number of hydrogen-bond donors (Lipinski definition) is 2. The van der Waals surface area contributed by atoms with E-state index in [4.69, 9.17) is 4.84 Å². The molecule has 0 unspecified atom stereocenters. The largest absolute Gasteiger partial charge is 0.468 e. The van der Waals surface area contributed by atoms with E-state index < -0.39 is 12.0 Å². The van der Waals surface area contributed by atoms with Gasteiger partial charge in [0.2, 0.25) is 6.41 Å². The van der Waals surface area contributed by atoms with Crippen LogP contribution < -0.4 is 10.8 Å². The first-order chi connectivity index (χ1) is 6.61. The predicted octanol–water partition coefficient (Wildman–Crippen LogP) is -0.796. The van der Waals surface area contributed by atoms with Gasteiger partial charge in [-0.15, -0.1) is 0 Å². The summed E-state index contributed by atoms with van der Waals surface area (Å²) < 4.78 is 4.46. The lowest BCUT2D eigenvalue weighted by Crippen LogP contribution is -2.38. The van der Waals surface area contributed by atoms with Gasteiger partial charge in [-0.2, -0.15) is 5.48 Å². The van der Waals surface area contributed by atoms with Gasteiger partial charge in [0.15, 0.2) is 0 Å². The van der Waals surface area contributed by atoms with Crippen LogP contribution in [0.1, 0.15) is 13.8 Å². The van der Waals surface area contributed by atoms with Crippen LogP contribution >= 0.6 is 0 Å². The van der Waals surface area contributed by atoms with E-state index in [1.165, 1.54) is 7.11 Å². The third kappa shape index (κ3) is 5.50. The highest BCUT2D eigenvalue weighted by molar-refractivity contribution is 5.74. The molecule has 82 valence electrons. The quantitative estimate of drug-likeness (QED) is 0.322. The van der Waals surface area contributed by atoms with Crippen molar-refractivity contribution >= 4 is 12.4 Å². The molecule has 0 aromatic heterocycles. The first kappa shape index (κ1) is 12.9. The van der Waals surface area contributed by atoms with Gasteiger partial charge >= 0.3 is 5.97 Å². The lowest BCUT2D eigenvalue weighted by molar-refractivity contribution is -0.147.